The van der Waals surface area contributed by atoms with Crippen molar-refractivity contribution in [1.29, 1.82) is 0 Å². The van der Waals surface area contributed by atoms with Gasteiger partial charge in [-0.15, -0.1) is 0 Å². The van der Waals surface area contributed by atoms with Crippen molar-refractivity contribution >= 4 is 22.5 Å². The number of aromatic nitrogens is 3. The second-order valence-electron chi connectivity index (χ2n) is 9.00. The molecule has 1 amide bonds. The summed E-state index contributed by atoms with van der Waals surface area (Å²) < 4.78 is 44.8. The second kappa shape index (κ2) is 11.5. The van der Waals surface area contributed by atoms with Gasteiger partial charge in [0.05, 0.1) is 31.1 Å². The number of fused-ring (bicyclic) bond motifs is 1. The summed E-state index contributed by atoms with van der Waals surface area (Å²) in [6, 6.07) is 12.5. The summed E-state index contributed by atoms with van der Waals surface area (Å²) in [6.45, 7) is 1.62. The number of nitrogens with zero attached hydrogens (tertiary/aromatic N) is 2. The molecule has 0 aliphatic rings. The number of amides is 1. The number of benzene rings is 2. The van der Waals surface area contributed by atoms with E-state index < -0.39 is 23.0 Å². The van der Waals surface area contributed by atoms with E-state index in [-0.39, 0.29) is 34.9 Å². The summed E-state index contributed by atoms with van der Waals surface area (Å²) in [5.41, 5.74) is 1.22. The number of anilines is 1. The number of hydrogen-bond donors (Lipinski definition) is 2. The molecule has 0 saturated heterocycles. The highest BCUT2D eigenvalue weighted by atomic mass is 19.1. The molecule has 11 heteroatoms. The van der Waals surface area contributed by atoms with Crippen LogP contribution in [-0.4, -0.2) is 35.1 Å². The summed E-state index contributed by atoms with van der Waals surface area (Å²) in [5.74, 6) is -1.41. The number of halogens is 2. The Hall–Kier alpha value is -5.16. The Kier molecular flexibility index (Phi) is 7.70. The molecule has 0 fully saturated rings. The molecule has 0 bridgehead atoms. The molecule has 5 aromatic rings. The largest absolute Gasteiger partial charge is 0.481 e. The minimum atomic E-state index is -0.769. The lowest BCUT2D eigenvalue weighted by Crippen LogP contribution is -2.27. The minimum absolute atomic E-state index is 0.0517. The van der Waals surface area contributed by atoms with Gasteiger partial charge in [0.2, 0.25) is 11.3 Å². The fraction of sp³-hybridized carbons (Fsp3) is 0.133. The summed E-state index contributed by atoms with van der Waals surface area (Å²) in [6.07, 6.45) is 3.03. The van der Waals surface area contributed by atoms with Crippen LogP contribution in [0.4, 0.5) is 14.5 Å². The molecule has 41 heavy (non-hydrogen) atoms. The Morgan fingerprint density at radius 3 is 2.49 bits per heavy atom. The van der Waals surface area contributed by atoms with E-state index >= 15 is 4.39 Å². The van der Waals surface area contributed by atoms with Crippen LogP contribution in [0.25, 0.3) is 22.0 Å². The van der Waals surface area contributed by atoms with E-state index in [0.717, 1.165) is 6.07 Å². The average Bonchev–Trinajstić information content (AvgIpc) is 2.95. The number of rotatable bonds is 8. The summed E-state index contributed by atoms with van der Waals surface area (Å²) >= 11 is 0. The van der Waals surface area contributed by atoms with Crippen molar-refractivity contribution in [2.75, 3.05) is 19.5 Å². The number of pyridine rings is 3. The first-order valence-electron chi connectivity index (χ1n) is 12.4. The molecule has 2 N–H and O–H groups in total. The van der Waals surface area contributed by atoms with Gasteiger partial charge >= 0.3 is 0 Å². The second-order valence-corrected chi connectivity index (χ2v) is 9.00. The van der Waals surface area contributed by atoms with Crippen LogP contribution >= 0.6 is 0 Å². The third kappa shape index (κ3) is 5.61. The molecule has 0 aliphatic heterocycles. The number of nitrogens with one attached hydrogen (secondary N) is 2. The summed E-state index contributed by atoms with van der Waals surface area (Å²) in [7, 11) is 2.90. The molecule has 0 atom stereocenters. The van der Waals surface area contributed by atoms with Gasteiger partial charge in [-0.2, -0.15) is 0 Å². The first kappa shape index (κ1) is 27.4. The van der Waals surface area contributed by atoms with Crippen LogP contribution in [0.2, 0.25) is 0 Å². The van der Waals surface area contributed by atoms with Gasteiger partial charge in [-0.05, 0) is 42.8 Å². The third-order valence-electron chi connectivity index (χ3n) is 6.30. The zero-order valence-electron chi connectivity index (χ0n) is 22.2. The molecule has 2 aromatic carbocycles. The number of aryl methyl sites for hydroxylation is 1. The molecule has 5 rings (SSSR count). The smallest absolute Gasteiger partial charge is 0.261 e. The lowest BCUT2D eigenvalue weighted by atomic mass is 9.99. The highest BCUT2D eigenvalue weighted by Gasteiger charge is 2.23. The standard InChI is InChI=1S/C30H24F2N4O5/c1-16-27(17-4-6-18(31)7-5-17)29(37)28(23(35-16)15-39-2)30(38)36-19-8-9-25(21(32)12-19)41-24-10-11-33-22-14-34-26(40-3)13-20(22)24/h4-14H,15H2,1-3H3,(H,35,37)(H,36,38). The molecule has 0 saturated carbocycles. The molecule has 9 nitrogen and oxygen atoms in total. The number of carbonyl (C=O) groups excluding carboxylic acids is 1. The van der Waals surface area contributed by atoms with E-state index in [1.165, 1.54) is 63.0 Å². The predicted octanol–water partition coefficient (Wildman–Crippen LogP) is 5.77. The normalized spacial score (nSPS) is 11.0. The van der Waals surface area contributed by atoms with E-state index in [1.807, 2.05) is 0 Å². The number of ether oxygens (including phenoxy) is 3. The van der Waals surface area contributed by atoms with Crippen molar-refractivity contribution in [3.8, 4) is 28.5 Å². The first-order chi connectivity index (χ1) is 19.8. The van der Waals surface area contributed by atoms with Gasteiger partial charge in [-0.25, -0.2) is 13.8 Å². The molecule has 0 radical (unpaired) electrons. The maximum atomic E-state index is 15.1. The van der Waals surface area contributed by atoms with Gasteiger partial charge in [0.25, 0.3) is 5.91 Å². The van der Waals surface area contributed by atoms with Crippen LogP contribution in [0.5, 0.6) is 17.4 Å². The number of carbonyl (C=O) groups is 1. The third-order valence-corrected chi connectivity index (χ3v) is 6.30. The molecule has 0 aliphatic carbocycles. The molecular weight excluding hydrogens is 534 g/mol. The Morgan fingerprint density at radius 1 is 1.00 bits per heavy atom. The van der Waals surface area contributed by atoms with Gasteiger partial charge in [0.1, 0.15) is 17.1 Å². The Balaban J connectivity index is 1.45. The molecule has 0 spiro atoms. The lowest BCUT2D eigenvalue weighted by Gasteiger charge is -2.15. The molecule has 208 valence electrons. The van der Waals surface area contributed by atoms with Gasteiger partial charge in [0, 0.05) is 47.8 Å². The van der Waals surface area contributed by atoms with Crippen molar-refractivity contribution in [2.24, 2.45) is 0 Å². The quantitative estimate of drug-likeness (QED) is 0.248. The van der Waals surface area contributed by atoms with Crippen LogP contribution < -0.4 is 20.2 Å². The predicted molar refractivity (Wildman–Crippen MR) is 148 cm³/mol. The summed E-state index contributed by atoms with van der Waals surface area (Å²) in [4.78, 5) is 38.3. The maximum Gasteiger partial charge on any atom is 0.261 e. The Labute approximate surface area is 232 Å². The van der Waals surface area contributed by atoms with E-state index in [9.17, 15) is 14.0 Å². The van der Waals surface area contributed by atoms with Gasteiger partial charge in [0.15, 0.2) is 11.6 Å². The van der Waals surface area contributed by atoms with Crippen LogP contribution in [0.1, 0.15) is 21.7 Å². The minimum Gasteiger partial charge on any atom is -0.481 e. The van der Waals surface area contributed by atoms with Crippen molar-refractivity contribution in [1.82, 2.24) is 15.0 Å². The summed E-state index contributed by atoms with van der Waals surface area (Å²) in [5, 5.41) is 3.14. The zero-order valence-corrected chi connectivity index (χ0v) is 22.2. The monoisotopic (exact) mass is 558 g/mol. The average molecular weight is 559 g/mol. The Morgan fingerprint density at radius 2 is 1.78 bits per heavy atom. The number of hydrogen-bond acceptors (Lipinski definition) is 7. The van der Waals surface area contributed by atoms with Crippen molar-refractivity contribution in [3.63, 3.8) is 0 Å². The molecule has 3 heterocycles. The van der Waals surface area contributed by atoms with E-state index in [0.29, 0.717) is 33.8 Å². The number of H-pyrrole nitrogens is 1. The Bertz CT molecular complexity index is 1820. The van der Waals surface area contributed by atoms with Crippen LogP contribution in [0.3, 0.4) is 0 Å². The SMILES string of the molecule is COCc1[nH]c(C)c(-c2ccc(F)cc2)c(=O)c1C(=O)Nc1ccc(Oc2ccnc3cnc(OC)cc23)c(F)c1. The molecule has 0 unspecified atom stereocenters. The van der Waals surface area contributed by atoms with Crippen molar-refractivity contribution in [3.05, 3.63) is 106 Å². The first-order valence-corrected chi connectivity index (χ1v) is 12.4. The molecule has 3 aromatic heterocycles. The highest BCUT2D eigenvalue weighted by Crippen LogP contribution is 2.32. The number of aromatic amines is 1. The fourth-order valence-corrected chi connectivity index (χ4v) is 4.42. The van der Waals surface area contributed by atoms with Crippen LogP contribution in [0.15, 0.2) is 71.8 Å². The van der Waals surface area contributed by atoms with Gasteiger partial charge in [-0.1, -0.05) is 12.1 Å². The topological polar surface area (TPSA) is 115 Å². The van der Waals surface area contributed by atoms with Gasteiger partial charge < -0.3 is 24.5 Å². The zero-order chi connectivity index (χ0) is 29.1. The van der Waals surface area contributed by atoms with Crippen molar-refractivity contribution < 1.29 is 27.8 Å². The van der Waals surface area contributed by atoms with Crippen LogP contribution in [-0.2, 0) is 11.3 Å². The van der Waals surface area contributed by atoms with Crippen molar-refractivity contribution in [2.45, 2.75) is 13.5 Å². The maximum absolute atomic E-state index is 15.1. The van der Waals surface area contributed by atoms with E-state index in [2.05, 4.69) is 20.3 Å². The highest BCUT2D eigenvalue weighted by molar-refractivity contribution is 6.05. The van der Waals surface area contributed by atoms with E-state index in [4.69, 9.17) is 14.2 Å². The number of methoxy groups -OCH3 is 2. The lowest BCUT2D eigenvalue weighted by molar-refractivity contribution is 0.101. The van der Waals surface area contributed by atoms with E-state index in [1.54, 1.807) is 19.1 Å². The fourth-order valence-electron chi connectivity index (χ4n) is 4.42. The van der Waals surface area contributed by atoms with Crippen LogP contribution in [0, 0.1) is 18.6 Å². The molecular formula is C30H24F2N4O5. The van der Waals surface area contributed by atoms with Gasteiger partial charge in [-0.3, -0.25) is 14.6 Å².